The van der Waals surface area contributed by atoms with Crippen LogP contribution in [0.25, 0.3) is 0 Å². The van der Waals surface area contributed by atoms with Gasteiger partial charge in [-0.1, -0.05) is 18.5 Å². The average Bonchev–Trinajstić information content (AvgIpc) is 2.60. The van der Waals surface area contributed by atoms with E-state index < -0.39 is 0 Å². The van der Waals surface area contributed by atoms with Gasteiger partial charge in [0.05, 0.1) is 11.8 Å². The first-order valence-corrected chi connectivity index (χ1v) is 8.23. The Morgan fingerprint density at radius 3 is 2.25 bits per heavy atom. The number of hydrogen-bond acceptors (Lipinski definition) is 4. The molecule has 4 nitrogen and oxygen atoms in total. The minimum atomic E-state index is 0.202. The van der Waals surface area contributed by atoms with Crippen molar-refractivity contribution in [2.24, 2.45) is 0 Å². The summed E-state index contributed by atoms with van der Waals surface area (Å²) in [4.78, 5) is 5.41. The number of benzene rings is 2. The van der Waals surface area contributed by atoms with Crippen LogP contribution in [0, 0.1) is 0 Å². The van der Waals surface area contributed by atoms with Gasteiger partial charge in [0.15, 0.2) is 5.75 Å². The molecule has 5 heteroatoms. The van der Waals surface area contributed by atoms with Crippen LogP contribution in [0.3, 0.4) is 0 Å². The van der Waals surface area contributed by atoms with Crippen molar-refractivity contribution >= 4 is 11.6 Å². The van der Waals surface area contributed by atoms with Crippen molar-refractivity contribution in [1.29, 1.82) is 0 Å². The predicted molar refractivity (Wildman–Crippen MR) is 96.4 cm³/mol. The van der Waals surface area contributed by atoms with E-state index in [-0.39, 0.29) is 6.10 Å². The Hall–Kier alpha value is -2.33. The molecule has 24 heavy (non-hydrogen) atoms. The van der Waals surface area contributed by atoms with Crippen LogP contribution in [0.2, 0.25) is 5.02 Å². The number of nitrogens with one attached hydrogen (secondary N) is 1. The molecule has 1 unspecified atom stereocenters. The van der Waals surface area contributed by atoms with E-state index >= 15 is 0 Å². The number of hydroxylamine groups is 1. The van der Waals surface area contributed by atoms with Crippen LogP contribution >= 0.6 is 11.6 Å². The molecule has 0 saturated carbocycles. The topological polar surface area (TPSA) is 39.7 Å². The second-order valence-corrected chi connectivity index (χ2v) is 5.82. The van der Waals surface area contributed by atoms with Gasteiger partial charge < -0.3 is 14.3 Å². The second kappa shape index (κ2) is 9.08. The summed E-state index contributed by atoms with van der Waals surface area (Å²) in [7, 11) is 0. The lowest BCUT2D eigenvalue weighted by Crippen LogP contribution is -2.16. The highest BCUT2D eigenvalue weighted by molar-refractivity contribution is 6.30. The van der Waals surface area contributed by atoms with Gasteiger partial charge in [-0.25, -0.2) is 5.48 Å². The maximum Gasteiger partial charge on any atom is 0.155 e. The number of allylic oxidation sites excluding steroid dienone is 1. The smallest absolute Gasteiger partial charge is 0.155 e. The van der Waals surface area contributed by atoms with Crippen molar-refractivity contribution in [2.45, 2.75) is 33.3 Å². The lowest BCUT2D eigenvalue weighted by molar-refractivity contribution is 0.217. The van der Waals surface area contributed by atoms with E-state index in [0.717, 1.165) is 23.6 Å². The fourth-order valence-electron chi connectivity index (χ4n) is 1.73. The van der Waals surface area contributed by atoms with Gasteiger partial charge in [-0.2, -0.15) is 0 Å². The third kappa shape index (κ3) is 6.05. The van der Waals surface area contributed by atoms with E-state index in [1.807, 2.05) is 38.1 Å². The molecule has 1 N–H and O–H groups in total. The summed E-state index contributed by atoms with van der Waals surface area (Å²) in [6.07, 6.45) is 2.76. The van der Waals surface area contributed by atoms with E-state index in [4.69, 9.17) is 25.9 Å². The predicted octanol–water partition coefficient (Wildman–Crippen LogP) is 5.34. The molecule has 0 aliphatic heterocycles. The Morgan fingerprint density at radius 2 is 1.62 bits per heavy atom. The largest absolute Gasteiger partial charge is 0.491 e. The molecule has 0 bridgehead atoms. The first-order chi connectivity index (χ1) is 11.6. The quantitative estimate of drug-likeness (QED) is 0.516. The fourth-order valence-corrected chi connectivity index (χ4v) is 1.86. The zero-order valence-corrected chi connectivity index (χ0v) is 14.8. The molecule has 128 valence electrons. The van der Waals surface area contributed by atoms with Gasteiger partial charge in [-0.05, 0) is 68.8 Å². The minimum Gasteiger partial charge on any atom is -0.491 e. The van der Waals surface area contributed by atoms with E-state index in [1.54, 1.807) is 30.5 Å². The summed E-state index contributed by atoms with van der Waals surface area (Å²) >= 11 is 5.82. The molecule has 0 heterocycles. The number of ether oxygens (including phenoxy) is 2. The standard InChI is InChI=1S/C19H22ClNO3/c1-4-15(3)23-18-11-9-17(10-12-18)22-13-14(2)21-24-19-7-5-16(20)6-8-19/h5-13,15,21H,4H2,1-3H3. The molecule has 2 rings (SSSR count). The molecule has 1 atom stereocenters. The molecule has 0 radical (unpaired) electrons. The van der Waals surface area contributed by atoms with Crippen LogP contribution in [0.5, 0.6) is 17.2 Å². The summed E-state index contributed by atoms with van der Waals surface area (Å²) in [5.74, 6) is 2.22. The molecule has 0 aliphatic rings. The van der Waals surface area contributed by atoms with Crippen molar-refractivity contribution in [2.75, 3.05) is 0 Å². The summed E-state index contributed by atoms with van der Waals surface area (Å²) in [6, 6.07) is 14.6. The lowest BCUT2D eigenvalue weighted by Gasteiger charge is -2.12. The highest BCUT2D eigenvalue weighted by Gasteiger charge is 2.01. The van der Waals surface area contributed by atoms with E-state index in [0.29, 0.717) is 10.8 Å². The monoisotopic (exact) mass is 347 g/mol. The second-order valence-electron chi connectivity index (χ2n) is 5.38. The van der Waals surface area contributed by atoms with Crippen molar-refractivity contribution in [3.05, 3.63) is 65.5 Å². The Morgan fingerprint density at radius 1 is 1.04 bits per heavy atom. The zero-order chi connectivity index (χ0) is 17.4. The van der Waals surface area contributed by atoms with Crippen LogP contribution in [0.4, 0.5) is 0 Å². The summed E-state index contributed by atoms with van der Waals surface area (Å²) in [5, 5.41) is 0.665. The van der Waals surface area contributed by atoms with Crippen molar-refractivity contribution in [3.63, 3.8) is 0 Å². The van der Waals surface area contributed by atoms with Gasteiger partial charge in [0, 0.05) is 5.02 Å². The molecule has 0 aliphatic carbocycles. The van der Waals surface area contributed by atoms with Gasteiger partial charge in [-0.15, -0.1) is 0 Å². The van der Waals surface area contributed by atoms with Crippen molar-refractivity contribution in [3.8, 4) is 17.2 Å². The number of hydrogen-bond donors (Lipinski definition) is 1. The third-order valence-electron chi connectivity index (χ3n) is 3.25. The molecule has 2 aromatic carbocycles. The first kappa shape index (κ1) is 18.0. The fraction of sp³-hybridized carbons (Fsp3) is 0.263. The number of halogens is 1. The van der Waals surface area contributed by atoms with Crippen LogP contribution in [0.15, 0.2) is 60.5 Å². The van der Waals surface area contributed by atoms with Crippen LogP contribution < -0.4 is 19.8 Å². The summed E-state index contributed by atoms with van der Waals surface area (Å²) in [5.41, 5.74) is 3.53. The SMILES string of the molecule is CCC(C)Oc1ccc(OC=C(C)NOc2ccc(Cl)cc2)cc1. The summed E-state index contributed by atoms with van der Waals surface area (Å²) < 4.78 is 11.3. The van der Waals surface area contributed by atoms with Gasteiger partial charge in [0.2, 0.25) is 0 Å². The van der Waals surface area contributed by atoms with E-state index in [1.165, 1.54) is 0 Å². The lowest BCUT2D eigenvalue weighted by atomic mass is 10.3. The molecule has 0 amide bonds. The Balaban J connectivity index is 1.82. The highest BCUT2D eigenvalue weighted by atomic mass is 35.5. The van der Waals surface area contributed by atoms with E-state index in [9.17, 15) is 0 Å². The van der Waals surface area contributed by atoms with Crippen molar-refractivity contribution < 1.29 is 14.3 Å². The van der Waals surface area contributed by atoms with Crippen LogP contribution in [-0.4, -0.2) is 6.10 Å². The third-order valence-corrected chi connectivity index (χ3v) is 3.50. The molecular weight excluding hydrogens is 326 g/mol. The Kier molecular flexibility index (Phi) is 6.82. The number of rotatable bonds is 8. The molecule has 0 saturated heterocycles. The molecule has 0 spiro atoms. The molecule has 0 aromatic heterocycles. The van der Waals surface area contributed by atoms with Gasteiger partial charge in [0.1, 0.15) is 17.8 Å². The Bertz CT molecular complexity index is 653. The first-order valence-electron chi connectivity index (χ1n) is 7.85. The van der Waals surface area contributed by atoms with Crippen LogP contribution in [0.1, 0.15) is 27.2 Å². The highest BCUT2D eigenvalue weighted by Crippen LogP contribution is 2.20. The molecule has 2 aromatic rings. The minimum absolute atomic E-state index is 0.202. The molecular formula is C19H22ClNO3. The van der Waals surface area contributed by atoms with Crippen molar-refractivity contribution in [1.82, 2.24) is 5.48 Å². The average molecular weight is 348 g/mol. The maximum atomic E-state index is 5.82. The van der Waals surface area contributed by atoms with E-state index in [2.05, 4.69) is 12.4 Å². The zero-order valence-electron chi connectivity index (χ0n) is 14.1. The summed E-state index contributed by atoms with van der Waals surface area (Å²) in [6.45, 7) is 5.98. The van der Waals surface area contributed by atoms with Gasteiger partial charge in [0.25, 0.3) is 0 Å². The normalized spacial score (nSPS) is 12.4. The maximum absolute atomic E-state index is 5.82. The molecule has 0 fully saturated rings. The van der Waals surface area contributed by atoms with Gasteiger partial charge >= 0.3 is 0 Å². The Labute approximate surface area is 148 Å². The van der Waals surface area contributed by atoms with Crippen LogP contribution in [-0.2, 0) is 0 Å². The van der Waals surface area contributed by atoms with Gasteiger partial charge in [-0.3, -0.25) is 0 Å².